The summed E-state index contributed by atoms with van der Waals surface area (Å²) >= 11 is 0. The van der Waals surface area contributed by atoms with Gasteiger partial charge in [-0.15, -0.1) is 0 Å². The molecule has 0 aliphatic heterocycles. The predicted molar refractivity (Wildman–Crippen MR) is 62.2 cm³/mol. The van der Waals surface area contributed by atoms with Crippen molar-refractivity contribution in [3.05, 3.63) is 0 Å². The highest BCUT2D eigenvalue weighted by molar-refractivity contribution is 5.86. The number of ether oxygens (including phenoxy) is 1. The van der Waals surface area contributed by atoms with Crippen LogP contribution >= 0.6 is 0 Å². The molecule has 1 aliphatic rings. The Balaban J connectivity index is 2.24. The minimum absolute atomic E-state index is 0.0438. The molecule has 0 bridgehead atoms. The summed E-state index contributed by atoms with van der Waals surface area (Å²) < 4.78 is 28.1. The van der Waals surface area contributed by atoms with Crippen molar-refractivity contribution in [2.24, 2.45) is 0 Å². The number of alkyl halides is 2. The van der Waals surface area contributed by atoms with Gasteiger partial charge in [0.1, 0.15) is 12.1 Å². The fraction of sp³-hybridized carbons (Fsp3) is 0.818. The quantitative estimate of drug-likeness (QED) is 0.606. The highest BCUT2D eigenvalue weighted by atomic mass is 19.3. The molecule has 0 unspecified atom stereocenters. The second-order valence-corrected chi connectivity index (χ2v) is 4.44. The average molecular weight is 280 g/mol. The van der Waals surface area contributed by atoms with Crippen LogP contribution in [0.4, 0.5) is 13.6 Å². The molecule has 1 saturated carbocycles. The number of carboxylic acid groups (broad SMARTS) is 1. The van der Waals surface area contributed by atoms with Crippen molar-refractivity contribution in [1.82, 2.24) is 10.6 Å². The van der Waals surface area contributed by atoms with Gasteiger partial charge in [-0.3, -0.25) is 0 Å². The maximum Gasteiger partial charge on any atom is 0.329 e. The standard InChI is InChI=1S/C11H18F2N2O4/c12-8(13)7-19-6-5-14-10(18)15-11(9(16)17)3-1-2-4-11/h8H,1-7H2,(H,16,17)(H2,14,15,18). The van der Waals surface area contributed by atoms with Crippen molar-refractivity contribution < 1.29 is 28.2 Å². The van der Waals surface area contributed by atoms with Crippen LogP contribution in [0.1, 0.15) is 25.7 Å². The van der Waals surface area contributed by atoms with Crippen LogP contribution in [0.25, 0.3) is 0 Å². The van der Waals surface area contributed by atoms with Gasteiger partial charge in [0.15, 0.2) is 0 Å². The number of urea groups is 1. The van der Waals surface area contributed by atoms with E-state index in [-0.39, 0.29) is 13.2 Å². The predicted octanol–water partition coefficient (Wildman–Crippen LogP) is 0.965. The van der Waals surface area contributed by atoms with E-state index in [0.29, 0.717) is 12.8 Å². The number of rotatable bonds is 7. The maximum absolute atomic E-state index is 11.7. The fourth-order valence-electron chi connectivity index (χ4n) is 2.04. The number of carbonyl (C=O) groups excluding carboxylic acids is 1. The normalized spacial score (nSPS) is 17.4. The Morgan fingerprint density at radius 3 is 2.47 bits per heavy atom. The number of halogens is 2. The lowest BCUT2D eigenvalue weighted by Gasteiger charge is -2.25. The third kappa shape index (κ3) is 4.98. The molecule has 0 atom stereocenters. The summed E-state index contributed by atoms with van der Waals surface area (Å²) in [5.41, 5.74) is -1.20. The number of amides is 2. The lowest BCUT2D eigenvalue weighted by atomic mass is 9.98. The van der Waals surface area contributed by atoms with Crippen molar-refractivity contribution in [1.29, 1.82) is 0 Å². The summed E-state index contributed by atoms with van der Waals surface area (Å²) in [6, 6.07) is -0.620. The van der Waals surface area contributed by atoms with Crippen LogP contribution in [-0.4, -0.2) is 48.8 Å². The first-order valence-corrected chi connectivity index (χ1v) is 6.11. The minimum atomic E-state index is -2.54. The summed E-state index contributed by atoms with van der Waals surface area (Å²) in [7, 11) is 0. The molecule has 0 saturated heterocycles. The lowest BCUT2D eigenvalue weighted by molar-refractivity contribution is -0.144. The van der Waals surface area contributed by atoms with Gasteiger partial charge in [-0.05, 0) is 12.8 Å². The van der Waals surface area contributed by atoms with Crippen molar-refractivity contribution in [3.63, 3.8) is 0 Å². The summed E-state index contributed by atoms with van der Waals surface area (Å²) in [6.45, 7) is -0.672. The first-order chi connectivity index (χ1) is 8.96. The first kappa shape index (κ1) is 15.6. The summed E-state index contributed by atoms with van der Waals surface area (Å²) in [4.78, 5) is 22.7. The summed E-state index contributed by atoms with van der Waals surface area (Å²) in [6.07, 6.45) is -0.230. The van der Waals surface area contributed by atoms with E-state index in [1.54, 1.807) is 0 Å². The van der Waals surface area contributed by atoms with E-state index in [9.17, 15) is 18.4 Å². The number of hydrogen-bond donors (Lipinski definition) is 3. The summed E-state index contributed by atoms with van der Waals surface area (Å²) in [5.74, 6) is -1.05. The number of carboxylic acids is 1. The van der Waals surface area contributed by atoms with Crippen LogP contribution in [-0.2, 0) is 9.53 Å². The highest BCUT2D eigenvalue weighted by Crippen LogP contribution is 2.29. The molecule has 0 aromatic carbocycles. The molecule has 0 aromatic rings. The molecule has 0 aromatic heterocycles. The molecule has 0 radical (unpaired) electrons. The van der Waals surface area contributed by atoms with Gasteiger partial charge in [-0.1, -0.05) is 12.8 Å². The molecular formula is C11H18F2N2O4. The van der Waals surface area contributed by atoms with Crippen LogP contribution in [0.5, 0.6) is 0 Å². The van der Waals surface area contributed by atoms with E-state index in [2.05, 4.69) is 15.4 Å². The molecule has 110 valence electrons. The highest BCUT2D eigenvalue weighted by Gasteiger charge is 2.42. The first-order valence-electron chi connectivity index (χ1n) is 6.11. The van der Waals surface area contributed by atoms with Crippen molar-refractivity contribution in [3.8, 4) is 0 Å². The summed E-state index contributed by atoms with van der Waals surface area (Å²) in [5, 5.41) is 14.0. The number of aliphatic carboxylic acids is 1. The molecule has 19 heavy (non-hydrogen) atoms. The average Bonchev–Trinajstić information content (AvgIpc) is 2.78. The lowest BCUT2D eigenvalue weighted by Crippen LogP contribution is -2.55. The van der Waals surface area contributed by atoms with Gasteiger partial charge < -0.3 is 20.5 Å². The van der Waals surface area contributed by atoms with E-state index in [4.69, 9.17) is 5.11 Å². The van der Waals surface area contributed by atoms with E-state index in [0.717, 1.165) is 12.8 Å². The zero-order valence-electron chi connectivity index (χ0n) is 10.5. The van der Waals surface area contributed by atoms with Gasteiger partial charge in [0, 0.05) is 6.54 Å². The fourth-order valence-corrected chi connectivity index (χ4v) is 2.04. The number of hydrogen-bond acceptors (Lipinski definition) is 3. The van der Waals surface area contributed by atoms with Crippen LogP contribution in [0.15, 0.2) is 0 Å². The third-order valence-electron chi connectivity index (χ3n) is 3.00. The maximum atomic E-state index is 11.7. The Morgan fingerprint density at radius 1 is 1.32 bits per heavy atom. The molecule has 1 fully saturated rings. The monoisotopic (exact) mass is 280 g/mol. The molecule has 6 nitrogen and oxygen atoms in total. The molecule has 1 aliphatic carbocycles. The smallest absolute Gasteiger partial charge is 0.329 e. The van der Waals surface area contributed by atoms with Gasteiger partial charge in [-0.25, -0.2) is 18.4 Å². The molecule has 1 rings (SSSR count). The Bertz CT molecular complexity index is 320. The zero-order valence-corrected chi connectivity index (χ0v) is 10.5. The van der Waals surface area contributed by atoms with Crippen molar-refractivity contribution in [2.75, 3.05) is 19.8 Å². The SMILES string of the molecule is O=C(NCCOCC(F)F)NC1(C(=O)O)CCCC1. The van der Waals surface area contributed by atoms with Crippen LogP contribution in [0, 0.1) is 0 Å². The van der Waals surface area contributed by atoms with E-state index in [1.807, 2.05) is 0 Å². The third-order valence-corrected chi connectivity index (χ3v) is 3.00. The second-order valence-electron chi connectivity index (χ2n) is 4.44. The van der Waals surface area contributed by atoms with E-state index in [1.165, 1.54) is 0 Å². The second kappa shape index (κ2) is 7.22. The van der Waals surface area contributed by atoms with Gasteiger partial charge in [-0.2, -0.15) is 0 Å². The van der Waals surface area contributed by atoms with Crippen molar-refractivity contribution in [2.45, 2.75) is 37.6 Å². The Morgan fingerprint density at radius 2 is 1.95 bits per heavy atom. The van der Waals surface area contributed by atoms with E-state index >= 15 is 0 Å². The molecule has 0 heterocycles. The van der Waals surface area contributed by atoms with Crippen LogP contribution < -0.4 is 10.6 Å². The number of nitrogens with one attached hydrogen (secondary N) is 2. The Hall–Kier alpha value is -1.44. The van der Waals surface area contributed by atoms with Gasteiger partial charge >= 0.3 is 12.0 Å². The molecule has 3 N–H and O–H groups in total. The van der Waals surface area contributed by atoms with Gasteiger partial charge in [0.05, 0.1) is 6.61 Å². The Kier molecular flexibility index (Phi) is 5.94. The van der Waals surface area contributed by atoms with Crippen LogP contribution in [0.3, 0.4) is 0 Å². The van der Waals surface area contributed by atoms with Crippen molar-refractivity contribution >= 4 is 12.0 Å². The molecule has 8 heteroatoms. The van der Waals surface area contributed by atoms with Gasteiger partial charge in [0.2, 0.25) is 0 Å². The van der Waals surface area contributed by atoms with Crippen LogP contribution in [0.2, 0.25) is 0 Å². The molecule has 0 spiro atoms. The van der Waals surface area contributed by atoms with E-state index < -0.39 is 30.6 Å². The largest absolute Gasteiger partial charge is 0.480 e. The topological polar surface area (TPSA) is 87.7 Å². The molecule has 2 amide bonds. The molecular weight excluding hydrogens is 262 g/mol. The minimum Gasteiger partial charge on any atom is -0.480 e. The Labute approximate surface area is 109 Å². The zero-order chi connectivity index (χ0) is 14.3. The number of carbonyl (C=O) groups is 2. The van der Waals surface area contributed by atoms with Gasteiger partial charge in [0.25, 0.3) is 6.43 Å².